The monoisotopic (exact) mass is 249 g/mol. The average Bonchev–Trinajstić information content (AvgIpc) is 2.29. The van der Waals surface area contributed by atoms with Gasteiger partial charge in [-0.25, -0.2) is 0 Å². The zero-order valence-electron chi connectivity index (χ0n) is 12.4. The summed E-state index contributed by atoms with van der Waals surface area (Å²) < 4.78 is 0. The van der Waals surface area contributed by atoms with Crippen LogP contribution in [0.3, 0.4) is 0 Å². The average molecular weight is 249 g/mol. The molecule has 0 bridgehead atoms. The second-order valence-corrected chi connectivity index (χ2v) is 5.54. The first-order valence-corrected chi connectivity index (χ1v) is 6.82. The van der Waals surface area contributed by atoms with E-state index in [1.54, 1.807) is 0 Å². The predicted molar refractivity (Wildman–Crippen MR) is 77.4 cm³/mol. The molecule has 1 atom stereocenters. The predicted octanol–water partition coefficient (Wildman–Crippen LogP) is 2.67. The SMILES string of the molecule is CNCc1cccc(CN(C)C(C)CC(C)C)n1. The van der Waals surface area contributed by atoms with Gasteiger partial charge in [0, 0.05) is 19.1 Å². The Labute approximate surface area is 112 Å². The second-order valence-electron chi connectivity index (χ2n) is 5.54. The molecule has 1 aromatic heterocycles. The lowest BCUT2D eigenvalue weighted by Gasteiger charge is -2.25. The van der Waals surface area contributed by atoms with Gasteiger partial charge in [0.25, 0.3) is 0 Å². The first-order chi connectivity index (χ1) is 8.52. The van der Waals surface area contributed by atoms with Crippen LogP contribution in [0.1, 0.15) is 38.6 Å². The Balaban J connectivity index is 2.57. The van der Waals surface area contributed by atoms with Gasteiger partial charge in [0.15, 0.2) is 0 Å². The van der Waals surface area contributed by atoms with Crippen LogP contribution in [0.5, 0.6) is 0 Å². The van der Waals surface area contributed by atoms with Crippen LogP contribution in [-0.2, 0) is 13.1 Å². The van der Waals surface area contributed by atoms with Crippen molar-refractivity contribution in [2.75, 3.05) is 14.1 Å². The summed E-state index contributed by atoms with van der Waals surface area (Å²) in [5.41, 5.74) is 2.26. The molecule has 0 saturated carbocycles. The van der Waals surface area contributed by atoms with Crippen LogP contribution in [-0.4, -0.2) is 30.0 Å². The number of pyridine rings is 1. The summed E-state index contributed by atoms with van der Waals surface area (Å²) in [6.07, 6.45) is 1.23. The van der Waals surface area contributed by atoms with Crippen molar-refractivity contribution in [2.24, 2.45) is 5.92 Å². The summed E-state index contributed by atoms with van der Waals surface area (Å²) in [4.78, 5) is 7.04. The molecule has 1 N–H and O–H groups in total. The van der Waals surface area contributed by atoms with Crippen LogP contribution in [0.25, 0.3) is 0 Å². The van der Waals surface area contributed by atoms with Gasteiger partial charge < -0.3 is 5.32 Å². The van der Waals surface area contributed by atoms with Crippen molar-refractivity contribution < 1.29 is 0 Å². The van der Waals surface area contributed by atoms with E-state index in [1.807, 2.05) is 7.05 Å². The molecule has 1 rings (SSSR count). The second kappa shape index (κ2) is 7.49. The number of hydrogen-bond acceptors (Lipinski definition) is 3. The van der Waals surface area contributed by atoms with Gasteiger partial charge in [-0.15, -0.1) is 0 Å². The molecule has 0 aliphatic rings. The Morgan fingerprint density at radius 3 is 2.50 bits per heavy atom. The largest absolute Gasteiger partial charge is 0.314 e. The van der Waals surface area contributed by atoms with Gasteiger partial charge in [0.1, 0.15) is 0 Å². The van der Waals surface area contributed by atoms with E-state index in [1.165, 1.54) is 6.42 Å². The minimum absolute atomic E-state index is 0.597. The summed E-state index contributed by atoms with van der Waals surface area (Å²) >= 11 is 0. The molecule has 102 valence electrons. The number of nitrogens with one attached hydrogen (secondary N) is 1. The van der Waals surface area contributed by atoms with Crippen molar-refractivity contribution in [3.63, 3.8) is 0 Å². The third-order valence-corrected chi connectivity index (χ3v) is 3.20. The molecule has 0 spiro atoms. The zero-order valence-corrected chi connectivity index (χ0v) is 12.4. The maximum absolute atomic E-state index is 4.66. The van der Waals surface area contributed by atoms with Crippen molar-refractivity contribution >= 4 is 0 Å². The fourth-order valence-electron chi connectivity index (χ4n) is 2.17. The first-order valence-electron chi connectivity index (χ1n) is 6.82. The number of rotatable bonds is 7. The topological polar surface area (TPSA) is 28.2 Å². The fraction of sp³-hybridized carbons (Fsp3) is 0.667. The molecule has 0 aliphatic heterocycles. The highest BCUT2D eigenvalue weighted by molar-refractivity contribution is 5.11. The van der Waals surface area contributed by atoms with Gasteiger partial charge in [-0.3, -0.25) is 9.88 Å². The Bertz CT molecular complexity index is 349. The number of aromatic nitrogens is 1. The molecule has 1 heterocycles. The molecule has 0 aromatic carbocycles. The smallest absolute Gasteiger partial charge is 0.0547 e. The van der Waals surface area contributed by atoms with Crippen molar-refractivity contribution in [3.8, 4) is 0 Å². The number of hydrogen-bond donors (Lipinski definition) is 1. The minimum atomic E-state index is 0.597. The van der Waals surface area contributed by atoms with Gasteiger partial charge in [-0.1, -0.05) is 19.9 Å². The van der Waals surface area contributed by atoms with E-state index in [9.17, 15) is 0 Å². The van der Waals surface area contributed by atoms with Gasteiger partial charge in [-0.2, -0.15) is 0 Å². The molecular formula is C15H27N3. The maximum atomic E-state index is 4.66. The van der Waals surface area contributed by atoms with E-state index in [4.69, 9.17) is 0 Å². The molecule has 0 fully saturated rings. The molecule has 18 heavy (non-hydrogen) atoms. The van der Waals surface area contributed by atoms with Crippen LogP contribution >= 0.6 is 0 Å². The molecule has 3 nitrogen and oxygen atoms in total. The highest BCUT2D eigenvalue weighted by Gasteiger charge is 2.11. The normalized spacial score (nSPS) is 13.3. The lowest BCUT2D eigenvalue weighted by atomic mass is 10.0. The Hall–Kier alpha value is -0.930. The standard InChI is InChI=1S/C15H27N3/c1-12(2)9-13(3)18(5)11-15-8-6-7-14(17-15)10-16-4/h6-8,12-13,16H,9-11H2,1-5H3. The van der Waals surface area contributed by atoms with Crippen molar-refractivity contribution in [1.29, 1.82) is 0 Å². The lowest BCUT2D eigenvalue weighted by Crippen LogP contribution is -2.30. The van der Waals surface area contributed by atoms with Gasteiger partial charge in [0.2, 0.25) is 0 Å². The van der Waals surface area contributed by atoms with Gasteiger partial charge in [-0.05, 0) is 45.5 Å². The fourth-order valence-corrected chi connectivity index (χ4v) is 2.17. The molecule has 3 heteroatoms. The minimum Gasteiger partial charge on any atom is -0.314 e. The van der Waals surface area contributed by atoms with E-state index in [0.717, 1.165) is 30.4 Å². The summed E-state index contributed by atoms with van der Waals surface area (Å²) in [5.74, 6) is 0.742. The first kappa shape index (κ1) is 15.1. The molecule has 1 unspecified atom stereocenters. The van der Waals surface area contributed by atoms with Crippen LogP contribution in [0, 0.1) is 5.92 Å². The summed E-state index contributed by atoms with van der Waals surface area (Å²) in [7, 11) is 4.13. The Morgan fingerprint density at radius 2 is 1.89 bits per heavy atom. The highest BCUT2D eigenvalue weighted by atomic mass is 15.1. The van der Waals surface area contributed by atoms with Crippen molar-refractivity contribution in [1.82, 2.24) is 15.2 Å². The van der Waals surface area contributed by atoms with Gasteiger partial charge in [0.05, 0.1) is 11.4 Å². The quantitative estimate of drug-likeness (QED) is 0.805. The van der Waals surface area contributed by atoms with E-state index < -0.39 is 0 Å². The molecule has 0 radical (unpaired) electrons. The van der Waals surface area contributed by atoms with Gasteiger partial charge >= 0.3 is 0 Å². The third-order valence-electron chi connectivity index (χ3n) is 3.20. The van der Waals surface area contributed by atoms with E-state index in [2.05, 4.69) is 61.2 Å². The maximum Gasteiger partial charge on any atom is 0.0547 e. The Morgan fingerprint density at radius 1 is 1.22 bits per heavy atom. The van der Waals surface area contributed by atoms with E-state index >= 15 is 0 Å². The summed E-state index contributed by atoms with van der Waals surface area (Å²) in [6.45, 7) is 8.59. The molecule has 1 aromatic rings. The third kappa shape index (κ3) is 5.15. The summed E-state index contributed by atoms with van der Waals surface area (Å²) in [6, 6.07) is 6.87. The zero-order chi connectivity index (χ0) is 13.5. The van der Waals surface area contributed by atoms with Crippen LogP contribution in [0.15, 0.2) is 18.2 Å². The molecule has 0 amide bonds. The Kier molecular flexibility index (Phi) is 6.30. The lowest BCUT2D eigenvalue weighted by molar-refractivity contribution is 0.218. The van der Waals surface area contributed by atoms with E-state index in [0.29, 0.717) is 6.04 Å². The highest BCUT2D eigenvalue weighted by Crippen LogP contribution is 2.12. The molecular weight excluding hydrogens is 222 g/mol. The molecule has 0 aliphatic carbocycles. The van der Waals surface area contributed by atoms with E-state index in [-0.39, 0.29) is 0 Å². The summed E-state index contributed by atoms with van der Waals surface area (Å²) in [5, 5.41) is 3.14. The van der Waals surface area contributed by atoms with Crippen LogP contribution in [0.2, 0.25) is 0 Å². The molecule has 0 saturated heterocycles. The van der Waals surface area contributed by atoms with Crippen molar-refractivity contribution in [2.45, 2.75) is 46.3 Å². The number of nitrogens with zero attached hydrogens (tertiary/aromatic N) is 2. The van der Waals surface area contributed by atoms with Crippen LogP contribution in [0.4, 0.5) is 0 Å². The van der Waals surface area contributed by atoms with Crippen LogP contribution < -0.4 is 5.32 Å². The van der Waals surface area contributed by atoms with Crippen molar-refractivity contribution in [3.05, 3.63) is 29.6 Å².